The first-order chi connectivity index (χ1) is 13.5. The summed E-state index contributed by atoms with van der Waals surface area (Å²) >= 11 is 0. The van der Waals surface area contributed by atoms with Gasteiger partial charge < -0.3 is 15.4 Å². The van der Waals surface area contributed by atoms with Crippen LogP contribution in [0.15, 0.2) is 48.5 Å². The lowest BCUT2D eigenvalue weighted by Crippen LogP contribution is -2.46. The Morgan fingerprint density at radius 1 is 1.11 bits per heavy atom. The number of aromatic amines is 1. The first-order valence-corrected chi connectivity index (χ1v) is 9.39. The predicted molar refractivity (Wildman–Crippen MR) is 104 cm³/mol. The van der Waals surface area contributed by atoms with Crippen LogP contribution in [0.4, 0.5) is 4.39 Å². The van der Waals surface area contributed by atoms with Crippen molar-refractivity contribution >= 4 is 22.8 Å². The molecule has 0 aliphatic heterocycles. The number of halogens is 1. The summed E-state index contributed by atoms with van der Waals surface area (Å²) in [6, 6.07) is 14.1. The third-order valence-corrected chi connectivity index (χ3v) is 5.40. The van der Waals surface area contributed by atoms with Gasteiger partial charge in [-0.25, -0.2) is 4.39 Å². The summed E-state index contributed by atoms with van der Waals surface area (Å²) in [5.74, 6) is -1.51. The van der Waals surface area contributed by atoms with Crippen LogP contribution in [0.1, 0.15) is 24.8 Å². The minimum absolute atomic E-state index is 0.0480. The number of rotatable bonds is 6. The number of fused-ring (bicyclic) bond motifs is 1. The fourth-order valence-electron chi connectivity index (χ4n) is 3.80. The van der Waals surface area contributed by atoms with Crippen LogP contribution < -0.4 is 5.32 Å². The fraction of sp³-hybridized carbons (Fsp3) is 0.273. The van der Waals surface area contributed by atoms with Gasteiger partial charge in [-0.2, -0.15) is 0 Å². The fourth-order valence-corrected chi connectivity index (χ4v) is 3.80. The minimum Gasteiger partial charge on any atom is -0.481 e. The zero-order chi connectivity index (χ0) is 19.7. The van der Waals surface area contributed by atoms with Crippen molar-refractivity contribution in [1.29, 1.82) is 0 Å². The molecule has 3 aromatic rings. The Morgan fingerprint density at radius 3 is 2.54 bits per heavy atom. The maximum absolute atomic E-state index is 13.3. The van der Waals surface area contributed by atoms with Crippen LogP contribution >= 0.6 is 0 Å². The van der Waals surface area contributed by atoms with E-state index in [2.05, 4.69) is 10.3 Å². The number of carbonyl (C=O) groups excluding carboxylic acids is 1. The third-order valence-electron chi connectivity index (χ3n) is 5.40. The molecule has 1 amide bonds. The number of H-pyrrole nitrogens is 1. The normalized spacial score (nSPS) is 18.6. The van der Waals surface area contributed by atoms with Gasteiger partial charge in [0.2, 0.25) is 5.91 Å². The van der Waals surface area contributed by atoms with Crippen LogP contribution in [0.5, 0.6) is 0 Å². The van der Waals surface area contributed by atoms with E-state index in [1.165, 1.54) is 12.1 Å². The van der Waals surface area contributed by atoms with Crippen molar-refractivity contribution in [3.8, 4) is 11.3 Å². The molecule has 0 unspecified atom stereocenters. The lowest BCUT2D eigenvalue weighted by atomic mass is 9.80. The summed E-state index contributed by atoms with van der Waals surface area (Å²) in [5, 5.41) is 12.9. The van der Waals surface area contributed by atoms with Gasteiger partial charge in [-0.05, 0) is 60.7 Å². The summed E-state index contributed by atoms with van der Waals surface area (Å²) < 4.78 is 13.3. The Balaban J connectivity index is 1.50. The van der Waals surface area contributed by atoms with Crippen LogP contribution in [0.25, 0.3) is 22.2 Å². The molecule has 0 spiro atoms. The molecule has 0 saturated heterocycles. The summed E-state index contributed by atoms with van der Waals surface area (Å²) in [5.41, 5.74) is 3.76. The second-order valence-corrected chi connectivity index (χ2v) is 7.30. The maximum atomic E-state index is 13.3. The van der Waals surface area contributed by atoms with Crippen LogP contribution in [-0.2, 0) is 16.0 Å². The molecule has 3 N–H and O–H groups in total. The highest BCUT2D eigenvalue weighted by Gasteiger charge is 2.35. The Hall–Kier alpha value is -3.15. The number of hydrogen-bond donors (Lipinski definition) is 3. The molecule has 5 nitrogen and oxygen atoms in total. The molecule has 4 rings (SSSR count). The van der Waals surface area contributed by atoms with E-state index >= 15 is 0 Å². The number of aromatic nitrogens is 1. The summed E-state index contributed by atoms with van der Waals surface area (Å²) in [7, 11) is 0. The molecule has 0 radical (unpaired) electrons. The molecule has 144 valence electrons. The van der Waals surface area contributed by atoms with Crippen molar-refractivity contribution in [2.75, 3.05) is 0 Å². The SMILES string of the molecule is O=C(CCc1c(-c2ccc(F)cc2)[nH]c2ccccc12)NC1CC(C(=O)O)C1. The van der Waals surface area contributed by atoms with E-state index in [1.807, 2.05) is 24.3 Å². The van der Waals surface area contributed by atoms with Crippen LogP contribution in [0.2, 0.25) is 0 Å². The summed E-state index contributed by atoms with van der Waals surface area (Å²) in [6.07, 6.45) is 1.84. The monoisotopic (exact) mass is 380 g/mol. The molecule has 1 heterocycles. The largest absolute Gasteiger partial charge is 0.481 e. The molecule has 1 aromatic heterocycles. The van der Waals surface area contributed by atoms with E-state index in [0.717, 1.165) is 27.7 Å². The molecule has 1 saturated carbocycles. The lowest BCUT2D eigenvalue weighted by molar-refractivity contribution is -0.146. The molecule has 1 fully saturated rings. The van der Waals surface area contributed by atoms with Crippen LogP contribution in [-0.4, -0.2) is 28.0 Å². The Morgan fingerprint density at radius 2 is 1.82 bits per heavy atom. The average molecular weight is 380 g/mol. The average Bonchev–Trinajstić information content (AvgIpc) is 3.01. The molecule has 28 heavy (non-hydrogen) atoms. The van der Waals surface area contributed by atoms with Crippen LogP contribution in [0.3, 0.4) is 0 Å². The van der Waals surface area contributed by atoms with Gasteiger partial charge in [-0.15, -0.1) is 0 Å². The van der Waals surface area contributed by atoms with Gasteiger partial charge in [-0.3, -0.25) is 9.59 Å². The zero-order valence-corrected chi connectivity index (χ0v) is 15.2. The number of para-hydroxylation sites is 1. The number of amides is 1. The lowest BCUT2D eigenvalue weighted by Gasteiger charge is -2.32. The Labute approximate surface area is 161 Å². The highest BCUT2D eigenvalue weighted by atomic mass is 19.1. The standard InChI is InChI=1S/C22H21FN2O3/c23-15-7-5-13(6-8-15)21-18(17-3-1-2-4-19(17)25-21)9-10-20(26)24-16-11-14(12-16)22(27)28/h1-8,14,16,25H,9-12H2,(H,24,26)(H,27,28). The number of carbonyl (C=O) groups is 2. The molecule has 1 aliphatic carbocycles. The van der Waals surface area contributed by atoms with E-state index < -0.39 is 5.97 Å². The van der Waals surface area contributed by atoms with Crippen molar-refractivity contribution in [1.82, 2.24) is 10.3 Å². The molecule has 1 aliphatic rings. The predicted octanol–water partition coefficient (Wildman–Crippen LogP) is 3.89. The van der Waals surface area contributed by atoms with Crippen molar-refractivity contribution in [2.45, 2.75) is 31.7 Å². The number of aliphatic carboxylic acids is 1. The molecule has 0 bridgehead atoms. The molecular weight excluding hydrogens is 359 g/mol. The van der Waals surface area contributed by atoms with Gasteiger partial charge in [0.05, 0.1) is 5.92 Å². The molecule has 6 heteroatoms. The van der Waals surface area contributed by atoms with E-state index in [4.69, 9.17) is 5.11 Å². The van der Waals surface area contributed by atoms with E-state index in [1.54, 1.807) is 12.1 Å². The second kappa shape index (κ2) is 7.46. The second-order valence-electron chi connectivity index (χ2n) is 7.30. The van der Waals surface area contributed by atoms with E-state index in [9.17, 15) is 14.0 Å². The summed E-state index contributed by atoms with van der Waals surface area (Å²) in [4.78, 5) is 26.6. The highest BCUT2D eigenvalue weighted by molar-refractivity contribution is 5.91. The molecule has 2 aromatic carbocycles. The number of carboxylic acid groups (broad SMARTS) is 1. The zero-order valence-electron chi connectivity index (χ0n) is 15.2. The van der Waals surface area contributed by atoms with Crippen molar-refractivity contribution in [3.05, 3.63) is 59.9 Å². The van der Waals surface area contributed by atoms with Gasteiger partial charge in [0.25, 0.3) is 0 Å². The van der Waals surface area contributed by atoms with Crippen molar-refractivity contribution < 1.29 is 19.1 Å². The molecular formula is C22H21FN2O3. The minimum atomic E-state index is -0.798. The topological polar surface area (TPSA) is 82.2 Å². The van der Waals surface area contributed by atoms with Crippen molar-refractivity contribution in [3.63, 3.8) is 0 Å². The number of nitrogens with one attached hydrogen (secondary N) is 2. The van der Waals surface area contributed by atoms with Gasteiger partial charge in [0.1, 0.15) is 5.82 Å². The first-order valence-electron chi connectivity index (χ1n) is 9.39. The maximum Gasteiger partial charge on any atom is 0.306 e. The Kier molecular flexibility index (Phi) is 4.86. The smallest absolute Gasteiger partial charge is 0.306 e. The van der Waals surface area contributed by atoms with Gasteiger partial charge in [0.15, 0.2) is 0 Å². The number of benzene rings is 2. The van der Waals surface area contributed by atoms with Gasteiger partial charge >= 0.3 is 5.97 Å². The quantitative estimate of drug-likeness (QED) is 0.607. The molecule has 0 atom stereocenters. The first kappa shape index (κ1) is 18.2. The Bertz CT molecular complexity index is 1020. The van der Waals surface area contributed by atoms with Gasteiger partial charge in [-0.1, -0.05) is 18.2 Å². The highest BCUT2D eigenvalue weighted by Crippen LogP contribution is 2.32. The van der Waals surface area contributed by atoms with Crippen LogP contribution in [0, 0.1) is 11.7 Å². The van der Waals surface area contributed by atoms with E-state index in [-0.39, 0.29) is 23.7 Å². The number of carboxylic acids is 1. The van der Waals surface area contributed by atoms with Crippen molar-refractivity contribution in [2.24, 2.45) is 5.92 Å². The number of hydrogen-bond acceptors (Lipinski definition) is 2. The summed E-state index contributed by atoms with van der Waals surface area (Å²) in [6.45, 7) is 0. The third kappa shape index (κ3) is 3.63. The van der Waals surface area contributed by atoms with Gasteiger partial charge in [0, 0.05) is 29.1 Å². The van der Waals surface area contributed by atoms with E-state index in [0.29, 0.717) is 25.7 Å². The number of aryl methyl sites for hydroxylation is 1.